The van der Waals surface area contributed by atoms with Crippen LogP contribution in [0.5, 0.6) is 5.75 Å². The number of rotatable bonds is 6. The highest BCUT2D eigenvalue weighted by atomic mass is 32.2. The molecule has 0 radical (unpaired) electrons. The van der Waals surface area contributed by atoms with Crippen LogP contribution in [-0.2, 0) is 14.3 Å². The summed E-state index contributed by atoms with van der Waals surface area (Å²) >= 11 is 1.49. The Balaban J connectivity index is 1.53. The Bertz CT molecular complexity index is 784. The van der Waals surface area contributed by atoms with E-state index in [-0.39, 0.29) is 24.5 Å². The van der Waals surface area contributed by atoms with E-state index in [9.17, 15) is 9.59 Å². The maximum atomic E-state index is 12.5. The van der Waals surface area contributed by atoms with E-state index in [2.05, 4.69) is 6.07 Å². The number of ether oxygens (including phenoxy) is 2. The molecule has 0 N–H and O–H groups in total. The van der Waals surface area contributed by atoms with Crippen LogP contribution in [0, 0.1) is 13.8 Å². The minimum atomic E-state index is -0.621. The number of hydrogen-bond acceptors (Lipinski definition) is 6. The van der Waals surface area contributed by atoms with E-state index >= 15 is 0 Å². The van der Waals surface area contributed by atoms with Gasteiger partial charge in [-0.25, -0.2) is 4.79 Å². The first-order chi connectivity index (χ1) is 13.0. The van der Waals surface area contributed by atoms with Crippen molar-refractivity contribution in [1.29, 1.82) is 0 Å². The summed E-state index contributed by atoms with van der Waals surface area (Å²) < 4.78 is 16.4. The van der Waals surface area contributed by atoms with Gasteiger partial charge >= 0.3 is 5.97 Å². The van der Waals surface area contributed by atoms with Crippen molar-refractivity contribution >= 4 is 23.6 Å². The van der Waals surface area contributed by atoms with Crippen LogP contribution in [0.2, 0.25) is 0 Å². The summed E-state index contributed by atoms with van der Waals surface area (Å²) in [7, 11) is 0. The van der Waals surface area contributed by atoms with Gasteiger partial charge in [0.1, 0.15) is 36.1 Å². The highest BCUT2D eigenvalue weighted by molar-refractivity contribution is 7.99. The number of carbonyl (C=O) groups is 2. The van der Waals surface area contributed by atoms with Crippen LogP contribution in [0.15, 0.2) is 41.0 Å². The summed E-state index contributed by atoms with van der Waals surface area (Å²) in [5.41, 5.74) is 2.23. The van der Waals surface area contributed by atoms with Gasteiger partial charge in [0.15, 0.2) is 0 Å². The minimum Gasteiger partial charge on any atom is -0.490 e. The predicted molar refractivity (Wildman–Crippen MR) is 103 cm³/mol. The zero-order valence-corrected chi connectivity index (χ0v) is 16.5. The summed E-state index contributed by atoms with van der Waals surface area (Å²) in [6, 6.07) is 8.89. The molecule has 3 rings (SSSR count). The zero-order chi connectivity index (χ0) is 19.4. The largest absolute Gasteiger partial charge is 0.490 e. The van der Waals surface area contributed by atoms with Crippen LogP contribution in [0.3, 0.4) is 0 Å². The third-order valence-electron chi connectivity index (χ3n) is 4.21. The van der Waals surface area contributed by atoms with Gasteiger partial charge in [-0.1, -0.05) is 6.07 Å². The molecular formula is C20H23NO5S. The second-order valence-corrected chi connectivity index (χ2v) is 7.60. The number of amides is 1. The first-order valence-corrected chi connectivity index (χ1v) is 9.82. The fourth-order valence-electron chi connectivity index (χ4n) is 3.14. The predicted octanol–water partition coefficient (Wildman–Crippen LogP) is 3.48. The third-order valence-corrected chi connectivity index (χ3v) is 5.50. The van der Waals surface area contributed by atoms with Crippen LogP contribution in [0.4, 0.5) is 0 Å². The molecule has 0 spiro atoms. The zero-order valence-electron chi connectivity index (χ0n) is 15.6. The molecule has 2 atom stereocenters. The number of benzene rings is 1. The number of aryl methyl sites for hydroxylation is 2. The molecule has 1 aromatic carbocycles. The topological polar surface area (TPSA) is 69.0 Å². The Labute approximate surface area is 162 Å². The molecule has 1 amide bonds. The van der Waals surface area contributed by atoms with Gasteiger partial charge in [-0.15, -0.1) is 11.8 Å². The van der Waals surface area contributed by atoms with Crippen molar-refractivity contribution in [1.82, 2.24) is 4.90 Å². The number of carbonyl (C=O) groups excluding carboxylic acids is 2. The molecule has 0 saturated carbocycles. The van der Waals surface area contributed by atoms with Crippen LogP contribution in [0.1, 0.15) is 29.2 Å². The second-order valence-electron chi connectivity index (χ2n) is 6.48. The van der Waals surface area contributed by atoms with E-state index in [0.717, 1.165) is 16.9 Å². The van der Waals surface area contributed by atoms with Crippen molar-refractivity contribution in [3.05, 3.63) is 53.5 Å². The molecule has 0 unspecified atom stereocenters. The molecule has 1 aliphatic rings. The highest BCUT2D eigenvalue weighted by Crippen LogP contribution is 2.41. The van der Waals surface area contributed by atoms with Gasteiger partial charge in [-0.3, -0.25) is 4.79 Å². The summed E-state index contributed by atoms with van der Waals surface area (Å²) in [5.74, 6) is 1.28. The molecule has 0 aliphatic carbocycles. The Morgan fingerprint density at radius 3 is 2.59 bits per heavy atom. The molecule has 27 heavy (non-hydrogen) atoms. The third kappa shape index (κ3) is 4.66. The normalized spacial score (nSPS) is 19.1. The van der Waals surface area contributed by atoms with Crippen molar-refractivity contribution in [3.8, 4) is 5.75 Å². The summed E-state index contributed by atoms with van der Waals surface area (Å²) in [6.45, 7) is 5.85. The molecule has 6 nitrogen and oxygen atoms in total. The van der Waals surface area contributed by atoms with E-state index in [4.69, 9.17) is 13.9 Å². The van der Waals surface area contributed by atoms with E-state index in [1.54, 1.807) is 18.4 Å². The van der Waals surface area contributed by atoms with Crippen LogP contribution >= 0.6 is 11.8 Å². The standard InChI is InChI=1S/C20H23NO5S/c1-13-9-14(2)11-16(10-13)24-7-8-26-20(23)17-12-27-19(21(17)15(3)22)18-5-4-6-25-18/h4-6,9-11,17,19H,7-8,12H2,1-3H3/t17-,19+/m1/s1. The van der Waals surface area contributed by atoms with Crippen LogP contribution in [0.25, 0.3) is 0 Å². The average molecular weight is 389 g/mol. The molecule has 2 aromatic rings. The van der Waals surface area contributed by atoms with Crippen molar-refractivity contribution in [3.63, 3.8) is 0 Å². The second kappa shape index (κ2) is 8.52. The molecule has 1 fully saturated rings. The summed E-state index contributed by atoms with van der Waals surface area (Å²) in [4.78, 5) is 26.1. The Hall–Kier alpha value is -2.41. The van der Waals surface area contributed by atoms with E-state index in [0.29, 0.717) is 11.5 Å². The molecule has 144 valence electrons. The van der Waals surface area contributed by atoms with Gasteiger partial charge in [0.05, 0.1) is 6.26 Å². The minimum absolute atomic E-state index is 0.129. The molecule has 2 heterocycles. The molecule has 1 aromatic heterocycles. The van der Waals surface area contributed by atoms with Crippen molar-refractivity contribution in [2.24, 2.45) is 0 Å². The monoisotopic (exact) mass is 389 g/mol. The Kier molecular flexibility index (Phi) is 6.11. The number of esters is 1. The van der Waals surface area contributed by atoms with Gasteiger partial charge < -0.3 is 18.8 Å². The first-order valence-electron chi connectivity index (χ1n) is 8.77. The molecule has 7 heteroatoms. The van der Waals surface area contributed by atoms with Crippen molar-refractivity contribution in [2.45, 2.75) is 32.2 Å². The van der Waals surface area contributed by atoms with E-state index < -0.39 is 12.0 Å². The van der Waals surface area contributed by atoms with Crippen LogP contribution < -0.4 is 4.74 Å². The van der Waals surface area contributed by atoms with Gasteiger partial charge in [-0.05, 0) is 49.2 Å². The fraction of sp³-hybridized carbons (Fsp3) is 0.400. The summed E-state index contributed by atoms with van der Waals surface area (Å²) in [5, 5.41) is -0.304. The molecule has 1 saturated heterocycles. The van der Waals surface area contributed by atoms with Crippen molar-refractivity contribution in [2.75, 3.05) is 19.0 Å². The van der Waals surface area contributed by atoms with E-state index in [1.807, 2.05) is 26.0 Å². The quantitative estimate of drug-likeness (QED) is 0.557. The fourth-order valence-corrected chi connectivity index (χ4v) is 4.55. The van der Waals surface area contributed by atoms with Gasteiger partial charge in [0.2, 0.25) is 5.91 Å². The lowest BCUT2D eigenvalue weighted by Gasteiger charge is -2.25. The van der Waals surface area contributed by atoms with Gasteiger partial charge in [0, 0.05) is 12.7 Å². The Morgan fingerprint density at radius 2 is 1.96 bits per heavy atom. The summed E-state index contributed by atoms with van der Waals surface area (Å²) in [6.07, 6.45) is 1.56. The number of thioether (sulfide) groups is 1. The maximum Gasteiger partial charge on any atom is 0.329 e. The van der Waals surface area contributed by atoms with Crippen LogP contribution in [-0.4, -0.2) is 41.8 Å². The lowest BCUT2D eigenvalue weighted by molar-refractivity contribution is -0.154. The molecular weight excluding hydrogens is 366 g/mol. The van der Waals surface area contributed by atoms with E-state index in [1.165, 1.54) is 23.6 Å². The number of furan rings is 1. The number of nitrogens with zero attached hydrogens (tertiary/aromatic N) is 1. The maximum absolute atomic E-state index is 12.5. The smallest absolute Gasteiger partial charge is 0.329 e. The Morgan fingerprint density at radius 1 is 1.22 bits per heavy atom. The highest BCUT2D eigenvalue weighted by Gasteiger charge is 2.43. The van der Waals surface area contributed by atoms with Gasteiger partial charge in [0.25, 0.3) is 0 Å². The molecule has 0 bridgehead atoms. The SMILES string of the molecule is CC(=O)N1[C@@H](C(=O)OCCOc2cc(C)cc(C)c2)CS[C@H]1c1ccco1. The van der Waals surface area contributed by atoms with Crippen molar-refractivity contribution < 1.29 is 23.5 Å². The first kappa shape index (κ1) is 19.4. The average Bonchev–Trinajstić information content (AvgIpc) is 3.26. The lowest BCUT2D eigenvalue weighted by atomic mass is 10.1. The molecule has 1 aliphatic heterocycles. The lowest BCUT2D eigenvalue weighted by Crippen LogP contribution is -2.43. The number of hydrogen-bond donors (Lipinski definition) is 0. The van der Waals surface area contributed by atoms with Gasteiger partial charge in [-0.2, -0.15) is 0 Å².